The van der Waals surface area contributed by atoms with E-state index in [1.807, 2.05) is 0 Å². The van der Waals surface area contributed by atoms with Crippen molar-refractivity contribution in [2.45, 2.75) is 38.1 Å². The van der Waals surface area contributed by atoms with Gasteiger partial charge >= 0.3 is 5.97 Å². The Hall–Kier alpha value is -2.95. The number of rotatable bonds is 3. The molecule has 2 N–H and O–H groups in total. The number of carbonyl (C=O) groups excluding carboxylic acids is 2. The van der Waals surface area contributed by atoms with E-state index in [1.54, 1.807) is 24.3 Å². The number of carbonyl (C=O) groups is 3. The molecule has 0 heterocycles. The molecule has 2 aromatic carbocycles. The van der Waals surface area contributed by atoms with Crippen molar-refractivity contribution in [3.05, 3.63) is 64.2 Å². The second-order valence-corrected chi connectivity index (χ2v) is 6.90. The second-order valence-electron chi connectivity index (χ2n) is 6.90. The van der Waals surface area contributed by atoms with Gasteiger partial charge in [-0.2, -0.15) is 0 Å². The van der Waals surface area contributed by atoms with Crippen LogP contribution in [0.5, 0.6) is 0 Å². The monoisotopic (exact) mass is 349 g/mol. The van der Waals surface area contributed by atoms with Crippen molar-refractivity contribution in [2.75, 3.05) is 5.32 Å². The lowest BCUT2D eigenvalue weighted by molar-refractivity contribution is 0.0697. The number of anilines is 1. The zero-order valence-electron chi connectivity index (χ0n) is 14.2. The quantitative estimate of drug-likeness (QED) is 0.749. The van der Waals surface area contributed by atoms with Gasteiger partial charge in [-0.3, -0.25) is 9.59 Å². The van der Waals surface area contributed by atoms with Gasteiger partial charge in [0.1, 0.15) is 0 Å². The van der Waals surface area contributed by atoms with Gasteiger partial charge in [0.05, 0.1) is 16.8 Å². The maximum atomic E-state index is 13.1. The van der Waals surface area contributed by atoms with Gasteiger partial charge in [0.15, 0.2) is 11.6 Å². The number of benzene rings is 2. The predicted molar refractivity (Wildman–Crippen MR) is 97.2 cm³/mol. The molecule has 1 fully saturated rings. The molecule has 2 aliphatic carbocycles. The lowest BCUT2D eigenvalue weighted by Crippen LogP contribution is -2.28. The smallest absolute Gasteiger partial charge is 0.337 e. The summed E-state index contributed by atoms with van der Waals surface area (Å²) in [5.41, 5.74) is 1.50. The summed E-state index contributed by atoms with van der Waals surface area (Å²) in [6.07, 6.45) is 5.18. The van der Waals surface area contributed by atoms with E-state index in [0.717, 1.165) is 25.7 Å². The first-order valence-electron chi connectivity index (χ1n) is 8.93. The predicted octanol–water partition coefficient (Wildman–Crippen LogP) is 3.90. The highest BCUT2D eigenvalue weighted by atomic mass is 16.4. The molecule has 2 aromatic rings. The lowest BCUT2D eigenvalue weighted by Gasteiger charge is -2.28. The minimum Gasteiger partial charge on any atom is -0.478 e. The van der Waals surface area contributed by atoms with Gasteiger partial charge in [-0.25, -0.2) is 4.79 Å². The van der Waals surface area contributed by atoms with E-state index in [-0.39, 0.29) is 40.0 Å². The van der Waals surface area contributed by atoms with Crippen LogP contribution in [-0.2, 0) is 0 Å². The maximum absolute atomic E-state index is 13.1. The SMILES string of the molecule is O=C(O)c1ccc2c(c1NC1CCCCC1)C(=O)c1ccccc1C2=O. The third-order valence-corrected chi connectivity index (χ3v) is 5.28. The van der Waals surface area contributed by atoms with Crippen LogP contribution >= 0.6 is 0 Å². The van der Waals surface area contributed by atoms with Crippen molar-refractivity contribution in [1.29, 1.82) is 0 Å². The first-order chi connectivity index (χ1) is 12.6. The summed E-state index contributed by atoms with van der Waals surface area (Å²) in [5.74, 6) is -1.64. The zero-order chi connectivity index (χ0) is 18.3. The van der Waals surface area contributed by atoms with E-state index in [2.05, 4.69) is 5.32 Å². The van der Waals surface area contributed by atoms with Crippen LogP contribution in [-0.4, -0.2) is 28.7 Å². The van der Waals surface area contributed by atoms with Crippen LogP contribution in [0.1, 0.15) is 74.3 Å². The largest absolute Gasteiger partial charge is 0.478 e. The highest BCUT2D eigenvalue weighted by Gasteiger charge is 2.34. The molecular weight excluding hydrogens is 330 g/mol. The fraction of sp³-hybridized carbons (Fsp3) is 0.286. The van der Waals surface area contributed by atoms with E-state index in [9.17, 15) is 19.5 Å². The van der Waals surface area contributed by atoms with Crippen molar-refractivity contribution in [3.63, 3.8) is 0 Å². The Morgan fingerprint density at radius 1 is 0.885 bits per heavy atom. The highest BCUT2D eigenvalue weighted by Crippen LogP contribution is 2.35. The Bertz CT molecular complexity index is 926. The molecule has 0 spiro atoms. The van der Waals surface area contributed by atoms with Crippen molar-refractivity contribution in [2.24, 2.45) is 0 Å². The molecule has 0 aliphatic heterocycles. The van der Waals surface area contributed by atoms with Crippen LogP contribution in [0.3, 0.4) is 0 Å². The number of hydrogen-bond acceptors (Lipinski definition) is 4. The van der Waals surface area contributed by atoms with Gasteiger partial charge < -0.3 is 10.4 Å². The molecule has 0 bridgehead atoms. The number of nitrogens with one attached hydrogen (secondary N) is 1. The number of fused-ring (bicyclic) bond motifs is 2. The topological polar surface area (TPSA) is 83.5 Å². The van der Waals surface area contributed by atoms with Crippen LogP contribution in [0.2, 0.25) is 0 Å². The first kappa shape index (κ1) is 16.5. The van der Waals surface area contributed by atoms with E-state index >= 15 is 0 Å². The number of ketones is 2. The van der Waals surface area contributed by atoms with Crippen LogP contribution < -0.4 is 5.32 Å². The summed E-state index contributed by atoms with van der Waals surface area (Å²) in [7, 11) is 0. The van der Waals surface area contributed by atoms with Gasteiger partial charge in [-0.05, 0) is 25.0 Å². The van der Waals surface area contributed by atoms with Gasteiger partial charge in [0, 0.05) is 22.7 Å². The lowest BCUT2D eigenvalue weighted by atomic mass is 9.81. The summed E-state index contributed by atoms with van der Waals surface area (Å²) < 4.78 is 0. The fourth-order valence-corrected chi connectivity index (χ4v) is 3.97. The van der Waals surface area contributed by atoms with E-state index in [4.69, 9.17) is 0 Å². The first-order valence-corrected chi connectivity index (χ1v) is 8.93. The summed E-state index contributed by atoms with van der Waals surface area (Å²) >= 11 is 0. The highest BCUT2D eigenvalue weighted by molar-refractivity contribution is 6.31. The van der Waals surface area contributed by atoms with Crippen molar-refractivity contribution in [3.8, 4) is 0 Å². The standard InChI is InChI=1S/C21H19NO4/c23-19-13-8-4-5-9-14(13)20(24)17-15(19)10-11-16(21(25)26)18(17)22-12-6-2-1-3-7-12/h4-5,8-12,22H,1-3,6-7H2,(H,25,26). The summed E-state index contributed by atoms with van der Waals surface area (Å²) in [6.45, 7) is 0. The molecule has 26 heavy (non-hydrogen) atoms. The maximum Gasteiger partial charge on any atom is 0.337 e. The van der Waals surface area contributed by atoms with E-state index in [1.165, 1.54) is 18.6 Å². The average molecular weight is 349 g/mol. The number of carboxylic acids is 1. The second kappa shape index (κ2) is 6.41. The van der Waals surface area contributed by atoms with Crippen LogP contribution in [0.25, 0.3) is 0 Å². The van der Waals surface area contributed by atoms with Crippen molar-refractivity contribution >= 4 is 23.2 Å². The van der Waals surface area contributed by atoms with Gasteiger partial charge in [-0.1, -0.05) is 43.5 Å². The van der Waals surface area contributed by atoms with Crippen LogP contribution in [0, 0.1) is 0 Å². The third-order valence-electron chi connectivity index (χ3n) is 5.28. The third kappa shape index (κ3) is 2.60. The summed E-state index contributed by atoms with van der Waals surface area (Å²) in [5, 5.41) is 12.9. The molecule has 0 atom stereocenters. The molecular formula is C21H19NO4. The van der Waals surface area contributed by atoms with Crippen LogP contribution in [0.15, 0.2) is 36.4 Å². The summed E-state index contributed by atoms with van der Waals surface area (Å²) in [4.78, 5) is 37.7. The molecule has 2 aliphatic rings. The Morgan fingerprint density at radius 3 is 2.19 bits per heavy atom. The van der Waals surface area contributed by atoms with Crippen LogP contribution in [0.4, 0.5) is 5.69 Å². The average Bonchev–Trinajstić information content (AvgIpc) is 2.66. The van der Waals surface area contributed by atoms with E-state index < -0.39 is 5.97 Å². The molecule has 0 amide bonds. The Balaban J connectivity index is 1.88. The Kier molecular flexibility index (Phi) is 4.07. The van der Waals surface area contributed by atoms with Crippen molar-refractivity contribution < 1.29 is 19.5 Å². The van der Waals surface area contributed by atoms with Crippen molar-refractivity contribution in [1.82, 2.24) is 0 Å². The Labute approximate surface area is 151 Å². The molecule has 132 valence electrons. The van der Waals surface area contributed by atoms with E-state index in [0.29, 0.717) is 11.1 Å². The minimum atomic E-state index is -1.11. The fourth-order valence-electron chi connectivity index (χ4n) is 3.97. The molecule has 0 unspecified atom stereocenters. The Morgan fingerprint density at radius 2 is 1.54 bits per heavy atom. The summed E-state index contributed by atoms with van der Waals surface area (Å²) in [6, 6.07) is 9.70. The number of hydrogen-bond donors (Lipinski definition) is 2. The molecule has 0 aromatic heterocycles. The van der Waals surface area contributed by atoms with Gasteiger partial charge in [0.25, 0.3) is 0 Å². The molecule has 4 rings (SSSR count). The molecule has 5 heteroatoms. The zero-order valence-corrected chi connectivity index (χ0v) is 14.2. The van der Waals surface area contributed by atoms with Gasteiger partial charge in [0.2, 0.25) is 0 Å². The molecule has 0 radical (unpaired) electrons. The van der Waals surface area contributed by atoms with Gasteiger partial charge in [-0.15, -0.1) is 0 Å². The minimum absolute atomic E-state index is 0.0369. The number of aromatic carboxylic acids is 1. The number of carboxylic acid groups (broad SMARTS) is 1. The molecule has 0 saturated heterocycles. The molecule has 5 nitrogen and oxygen atoms in total. The normalized spacial score (nSPS) is 16.8. The molecule has 1 saturated carbocycles.